The number of furan rings is 1. The van der Waals surface area contributed by atoms with Gasteiger partial charge in [-0.1, -0.05) is 46.7 Å². The zero-order chi connectivity index (χ0) is 21.1. The number of thiazole rings is 1. The van der Waals surface area contributed by atoms with Crippen LogP contribution in [0.2, 0.25) is 10.0 Å². The fraction of sp³-hybridized carbons (Fsp3) is 0. The number of thiophene rings is 1. The zero-order valence-electron chi connectivity index (χ0n) is 15.1. The van der Waals surface area contributed by atoms with Crippen LogP contribution in [0, 0.1) is 11.3 Å². The highest BCUT2D eigenvalue weighted by Gasteiger charge is 2.20. The Morgan fingerprint density at radius 1 is 1.17 bits per heavy atom. The Labute approximate surface area is 189 Å². The van der Waals surface area contributed by atoms with Crippen LogP contribution in [0.4, 0.5) is 5.00 Å². The van der Waals surface area contributed by atoms with Crippen LogP contribution in [0.5, 0.6) is 0 Å². The van der Waals surface area contributed by atoms with Crippen molar-refractivity contribution in [3.8, 4) is 16.6 Å². The maximum Gasteiger partial charge on any atom is 0.292 e. The van der Waals surface area contributed by atoms with Gasteiger partial charge >= 0.3 is 0 Å². The van der Waals surface area contributed by atoms with E-state index in [1.807, 2.05) is 17.5 Å². The fourth-order valence-corrected chi connectivity index (χ4v) is 4.84. The molecule has 5 nitrogen and oxygen atoms in total. The smallest absolute Gasteiger partial charge is 0.292 e. The van der Waals surface area contributed by atoms with Crippen LogP contribution >= 0.6 is 45.9 Å². The highest BCUT2D eigenvalue weighted by Crippen LogP contribution is 2.39. The Kier molecular flexibility index (Phi) is 6.02. The molecule has 0 fully saturated rings. The van der Waals surface area contributed by atoms with E-state index in [-0.39, 0.29) is 11.3 Å². The third-order valence-electron chi connectivity index (χ3n) is 3.99. The average Bonchev–Trinajstić information content (AvgIpc) is 3.49. The molecule has 0 radical (unpaired) electrons. The van der Waals surface area contributed by atoms with Crippen molar-refractivity contribution in [2.75, 3.05) is 5.32 Å². The summed E-state index contributed by atoms with van der Waals surface area (Å²) in [6, 6.07) is 14.3. The number of benzene rings is 1. The Morgan fingerprint density at radius 2 is 1.97 bits per heavy atom. The summed E-state index contributed by atoms with van der Waals surface area (Å²) in [7, 11) is 0. The predicted octanol–water partition coefficient (Wildman–Crippen LogP) is 7.09. The van der Waals surface area contributed by atoms with Crippen molar-refractivity contribution in [1.29, 1.82) is 5.26 Å². The van der Waals surface area contributed by atoms with Crippen molar-refractivity contribution in [2.45, 2.75) is 0 Å². The van der Waals surface area contributed by atoms with E-state index in [4.69, 9.17) is 27.6 Å². The number of halogens is 2. The number of carbonyl (C=O) groups excluding carboxylic acids is 1. The molecule has 0 bridgehead atoms. The maximum absolute atomic E-state index is 12.5. The molecule has 3 heterocycles. The van der Waals surface area contributed by atoms with E-state index in [0.29, 0.717) is 31.3 Å². The lowest BCUT2D eigenvalue weighted by molar-refractivity contribution is 0.0997. The summed E-state index contributed by atoms with van der Waals surface area (Å²) >= 11 is 15.2. The number of nitrogens with one attached hydrogen (secondary N) is 1. The van der Waals surface area contributed by atoms with E-state index >= 15 is 0 Å². The minimum absolute atomic E-state index is 0.181. The topological polar surface area (TPSA) is 78.9 Å². The molecule has 3 aromatic heterocycles. The van der Waals surface area contributed by atoms with Crippen LogP contribution < -0.4 is 5.32 Å². The Bertz CT molecular complexity index is 1250. The van der Waals surface area contributed by atoms with Crippen LogP contribution in [0.3, 0.4) is 0 Å². The second-order valence-corrected chi connectivity index (χ2v) is 8.67. The lowest BCUT2D eigenvalue weighted by Gasteiger charge is -2.02. The second kappa shape index (κ2) is 8.86. The molecule has 9 heteroatoms. The molecule has 0 unspecified atom stereocenters. The van der Waals surface area contributed by atoms with E-state index in [1.54, 1.807) is 36.4 Å². The minimum atomic E-state index is -0.398. The van der Waals surface area contributed by atoms with Gasteiger partial charge in [-0.05, 0) is 41.8 Å². The van der Waals surface area contributed by atoms with Gasteiger partial charge in [-0.3, -0.25) is 4.79 Å². The number of aromatic nitrogens is 1. The molecule has 1 amide bonds. The summed E-state index contributed by atoms with van der Waals surface area (Å²) in [4.78, 5) is 18.0. The van der Waals surface area contributed by atoms with Crippen molar-refractivity contribution >= 4 is 68.4 Å². The number of allylic oxidation sites excluding steroid dienone is 1. The van der Waals surface area contributed by atoms with Gasteiger partial charge in [0.15, 0.2) is 5.76 Å². The van der Waals surface area contributed by atoms with Gasteiger partial charge in [0.1, 0.15) is 21.8 Å². The predicted molar refractivity (Wildman–Crippen MR) is 122 cm³/mol. The van der Waals surface area contributed by atoms with Crippen LogP contribution in [0.25, 0.3) is 22.2 Å². The SMILES string of the molecule is N#C/C(=C\c1c(Cl)cccc1Cl)c1nc(-c2cccs2)c(NC(=O)c2ccco2)s1. The van der Waals surface area contributed by atoms with Gasteiger partial charge in [0, 0.05) is 15.6 Å². The molecule has 0 atom stereocenters. The van der Waals surface area contributed by atoms with Crippen molar-refractivity contribution in [2.24, 2.45) is 0 Å². The van der Waals surface area contributed by atoms with Gasteiger partial charge < -0.3 is 9.73 Å². The summed E-state index contributed by atoms with van der Waals surface area (Å²) in [5.74, 6) is -0.217. The van der Waals surface area contributed by atoms with Gasteiger partial charge in [-0.2, -0.15) is 5.26 Å². The van der Waals surface area contributed by atoms with Crippen LogP contribution in [-0.2, 0) is 0 Å². The number of nitrogens with zero attached hydrogens (tertiary/aromatic N) is 2. The van der Waals surface area contributed by atoms with E-state index in [0.717, 1.165) is 4.88 Å². The van der Waals surface area contributed by atoms with Gasteiger partial charge in [-0.25, -0.2) is 4.98 Å². The maximum atomic E-state index is 12.5. The monoisotopic (exact) mass is 471 g/mol. The third-order valence-corrected chi connectivity index (χ3v) is 6.53. The lowest BCUT2D eigenvalue weighted by atomic mass is 10.1. The van der Waals surface area contributed by atoms with Crippen molar-refractivity contribution in [1.82, 2.24) is 4.98 Å². The summed E-state index contributed by atoms with van der Waals surface area (Å²) in [6.45, 7) is 0. The van der Waals surface area contributed by atoms with Gasteiger partial charge in [0.05, 0.1) is 16.7 Å². The number of amides is 1. The molecule has 1 aromatic carbocycles. The van der Waals surface area contributed by atoms with Crippen molar-refractivity contribution < 1.29 is 9.21 Å². The van der Waals surface area contributed by atoms with Crippen LogP contribution in [0.15, 0.2) is 58.5 Å². The molecule has 4 aromatic rings. The molecular weight excluding hydrogens is 461 g/mol. The first-order valence-corrected chi connectivity index (χ1v) is 11.0. The van der Waals surface area contributed by atoms with Crippen LogP contribution in [-0.4, -0.2) is 10.9 Å². The first-order chi connectivity index (χ1) is 14.6. The van der Waals surface area contributed by atoms with E-state index < -0.39 is 5.91 Å². The van der Waals surface area contributed by atoms with Gasteiger partial charge in [-0.15, -0.1) is 11.3 Å². The summed E-state index contributed by atoms with van der Waals surface area (Å²) in [6.07, 6.45) is 3.02. The molecule has 0 saturated carbocycles. The molecule has 0 aliphatic heterocycles. The molecule has 0 saturated heterocycles. The van der Waals surface area contributed by atoms with E-state index in [9.17, 15) is 10.1 Å². The minimum Gasteiger partial charge on any atom is -0.459 e. The van der Waals surface area contributed by atoms with Crippen molar-refractivity contribution in [3.63, 3.8) is 0 Å². The first-order valence-electron chi connectivity index (χ1n) is 8.52. The Hall–Kier alpha value is -2.89. The fourth-order valence-electron chi connectivity index (χ4n) is 2.61. The van der Waals surface area contributed by atoms with Crippen molar-refractivity contribution in [3.05, 3.63) is 80.5 Å². The Morgan fingerprint density at radius 3 is 2.60 bits per heavy atom. The molecule has 0 spiro atoms. The molecule has 0 aliphatic rings. The van der Waals surface area contributed by atoms with Gasteiger partial charge in [0.25, 0.3) is 5.91 Å². The second-order valence-electron chi connectivity index (χ2n) is 5.91. The number of hydrogen-bond donors (Lipinski definition) is 1. The number of carbonyl (C=O) groups is 1. The van der Waals surface area contributed by atoms with E-state index in [1.165, 1.54) is 28.9 Å². The zero-order valence-corrected chi connectivity index (χ0v) is 18.2. The highest BCUT2D eigenvalue weighted by atomic mass is 35.5. The van der Waals surface area contributed by atoms with Gasteiger partial charge in [0.2, 0.25) is 0 Å². The highest BCUT2D eigenvalue weighted by molar-refractivity contribution is 7.19. The molecule has 1 N–H and O–H groups in total. The number of anilines is 1. The number of nitriles is 1. The molecular formula is C21H11Cl2N3O2S2. The molecule has 30 heavy (non-hydrogen) atoms. The standard InChI is InChI=1S/C21H11Cl2N3O2S2/c22-14-4-1-5-15(23)13(14)10-12(11-24)20-25-18(17-7-3-9-29-17)21(30-20)26-19(27)16-6-2-8-28-16/h1-10H,(H,26,27)/b12-10+. The summed E-state index contributed by atoms with van der Waals surface area (Å²) in [5.41, 5.74) is 1.40. The largest absolute Gasteiger partial charge is 0.459 e. The van der Waals surface area contributed by atoms with Crippen LogP contribution in [0.1, 0.15) is 21.1 Å². The number of hydrogen-bond acceptors (Lipinski definition) is 6. The summed E-state index contributed by atoms with van der Waals surface area (Å²) in [5, 5.41) is 16.3. The average molecular weight is 472 g/mol. The normalized spacial score (nSPS) is 11.3. The van der Waals surface area contributed by atoms with E-state index in [2.05, 4.69) is 16.4 Å². The molecule has 148 valence electrons. The number of rotatable bonds is 5. The third kappa shape index (κ3) is 4.18. The Balaban J connectivity index is 1.78. The quantitative estimate of drug-likeness (QED) is 0.315. The molecule has 0 aliphatic carbocycles. The lowest BCUT2D eigenvalue weighted by Crippen LogP contribution is -2.10. The molecule has 4 rings (SSSR count). The first kappa shape index (κ1) is 20.4. The summed E-state index contributed by atoms with van der Waals surface area (Å²) < 4.78 is 5.16.